The summed E-state index contributed by atoms with van der Waals surface area (Å²) >= 11 is 0. The average Bonchev–Trinajstić information content (AvgIpc) is 2.60. The van der Waals surface area contributed by atoms with Crippen LogP contribution in [0.2, 0.25) is 0 Å². The minimum atomic E-state index is -3.49. The molecule has 0 amide bonds. The molecule has 1 saturated carbocycles. The maximum absolute atomic E-state index is 13.2. The third kappa shape index (κ3) is 3.03. The predicted molar refractivity (Wildman–Crippen MR) is 100 cm³/mol. The van der Waals surface area contributed by atoms with Crippen LogP contribution in [-0.4, -0.2) is 39.9 Å². The molecule has 0 unspecified atom stereocenters. The Morgan fingerprint density at radius 3 is 2.17 bits per heavy atom. The highest BCUT2D eigenvalue weighted by Gasteiger charge is 2.30. The number of nitrogens with zero attached hydrogens (tertiary/aromatic N) is 2. The Morgan fingerprint density at radius 1 is 0.875 bits per heavy atom. The van der Waals surface area contributed by atoms with Crippen molar-refractivity contribution in [2.45, 2.75) is 43.0 Å². The molecule has 24 heavy (non-hydrogen) atoms. The Bertz CT molecular complexity index is 824. The first-order valence-corrected chi connectivity index (χ1v) is 10.0. The number of benzene rings is 2. The van der Waals surface area contributed by atoms with E-state index in [-0.39, 0.29) is 6.04 Å². The Balaban J connectivity index is 2.09. The lowest BCUT2D eigenvalue weighted by molar-refractivity contribution is 0.286. The zero-order chi connectivity index (χ0) is 17.3. The number of fused-ring (bicyclic) bond motifs is 1. The van der Waals surface area contributed by atoms with Gasteiger partial charge in [0.1, 0.15) is 0 Å². The lowest BCUT2D eigenvalue weighted by Gasteiger charge is -2.30. The van der Waals surface area contributed by atoms with Crippen LogP contribution in [0.25, 0.3) is 10.8 Å². The summed E-state index contributed by atoms with van der Waals surface area (Å²) in [5, 5.41) is 1.77. The van der Waals surface area contributed by atoms with Crippen molar-refractivity contribution in [1.29, 1.82) is 0 Å². The maximum atomic E-state index is 13.2. The van der Waals surface area contributed by atoms with E-state index in [1.54, 1.807) is 17.4 Å². The van der Waals surface area contributed by atoms with E-state index < -0.39 is 10.0 Å². The van der Waals surface area contributed by atoms with Crippen LogP contribution in [0.5, 0.6) is 0 Å². The summed E-state index contributed by atoms with van der Waals surface area (Å²) in [6.45, 7) is 0. The second-order valence-electron chi connectivity index (χ2n) is 6.84. The van der Waals surface area contributed by atoms with Gasteiger partial charge >= 0.3 is 0 Å². The monoisotopic (exact) mass is 346 g/mol. The van der Waals surface area contributed by atoms with Crippen molar-refractivity contribution >= 4 is 26.5 Å². The quantitative estimate of drug-likeness (QED) is 0.844. The third-order valence-electron chi connectivity index (χ3n) is 5.09. The zero-order valence-corrected chi connectivity index (χ0v) is 15.5. The van der Waals surface area contributed by atoms with Gasteiger partial charge in [-0.05, 0) is 25.0 Å². The standard InChI is InChI=1S/C19H26N2O2S/c1-20(2)18-13-7-12-17-16(18)11-8-14-19(17)24(22,23)21(3)15-9-5-4-6-10-15/h7-8,11-15H,4-6,9-10H2,1-3H3. The molecule has 0 spiro atoms. The van der Waals surface area contributed by atoms with Crippen LogP contribution in [0, 0.1) is 0 Å². The highest BCUT2D eigenvalue weighted by atomic mass is 32.2. The van der Waals surface area contributed by atoms with Gasteiger partial charge in [0, 0.05) is 43.6 Å². The first-order chi connectivity index (χ1) is 11.4. The second kappa shape index (κ2) is 6.73. The molecule has 0 bridgehead atoms. The van der Waals surface area contributed by atoms with Gasteiger partial charge in [0.2, 0.25) is 10.0 Å². The molecule has 0 N–H and O–H groups in total. The fourth-order valence-corrected chi connectivity index (χ4v) is 5.30. The minimum Gasteiger partial charge on any atom is -0.377 e. The van der Waals surface area contributed by atoms with Crippen LogP contribution in [0.4, 0.5) is 5.69 Å². The summed E-state index contributed by atoms with van der Waals surface area (Å²) in [7, 11) is 2.20. The number of anilines is 1. The van der Waals surface area contributed by atoms with E-state index in [2.05, 4.69) is 0 Å². The van der Waals surface area contributed by atoms with Crippen LogP contribution in [0.1, 0.15) is 32.1 Å². The zero-order valence-electron chi connectivity index (χ0n) is 14.7. The van der Waals surface area contributed by atoms with Gasteiger partial charge in [-0.25, -0.2) is 8.42 Å². The van der Waals surface area contributed by atoms with Crippen LogP contribution >= 0.6 is 0 Å². The van der Waals surface area contributed by atoms with Crippen LogP contribution in [0.15, 0.2) is 41.3 Å². The van der Waals surface area contributed by atoms with Gasteiger partial charge in [-0.2, -0.15) is 4.31 Å². The molecule has 1 aliphatic rings. The van der Waals surface area contributed by atoms with Crippen molar-refractivity contribution in [1.82, 2.24) is 4.31 Å². The molecule has 0 aromatic heterocycles. The SMILES string of the molecule is CN(C)c1cccc2c(S(=O)(=O)N(C)C3CCCCC3)cccc12. The Labute approximate surface area is 145 Å². The summed E-state index contributed by atoms with van der Waals surface area (Å²) < 4.78 is 28.1. The molecule has 2 aromatic rings. The number of hydrogen-bond acceptors (Lipinski definition) is 3. The molecule has 0 heterocycles. The molecular formula is C19H26N2O2S. The first kappa shape index (κ1) is 17.2. The van der Waals surface area contributed by atoms with Crippen LogP contribution in [-0.2, 0) is 10.0 Å². The third-order valence-corrected chi connectivity index (χ3v) is 7.06. The van der Waals surface area contributed by atoms with Gasteiger partial charge in [-0.15, -0.1) is 0 Å². The molecule has 4 nitrogen and oxygen atoms in total. The number of hydrogen-bond donors (Lipinski definition) is 0. The molecule has 0 atom stereocenters. The van der Waals surface area contributed by atoms with Gasteiger partial charge in [0.25, 0.3) is 0 Å². The summed E-state index contributed by atoms with van der Waals surface area (Å²) in [5.41, 5.74) is 1.03. The predicted octanol–water partition coefficient (Wildman–Crippen LogP) is 3.86. The van der Waals surface area contributed by atoms with Crippen LogP contribution < -0.4 is 4.90 Å². The normalized spacial score (nSPS) is 16.7. The molecule has 1 fully saturated rings. The number of rotatable bonds is 4. The Morgan fingerprint density at radius 2 is 1.50 bits per heavy atom. The minimum absolute atomic E-state index is 0.121. The molecule has 0 aliphatic heterocycles. The number of sulfonamides is 1. The van der Waals surface area contributed by atoms with Gasteiger partial charge in [-0.1, -0.05) is 43.5 Å². The largest absolute Gasteiger partial charge is 0.377 e. The topological polar surface area (TPSA) is 40.6 Å². The highest BCUT2D eigenvalue weighted by molar-refractivity contribution is 7.89. The van der Waals surface area contributed by atoms with Gasteiger partial charge < -0.3 is 4.90 Å². The van der Waals surface area contributed by atoms with Crippen LogP contribution in [0.3, 0.4) is 0 Å². The van der Waals surface area contributed by atoms with Crippen molar-refractivity contribution < 1.29 is 8.42 Å². The van der Waals surface area contributed by atoms with Crippen molar-refractivity contribution in [3.8, 4) is 0 Å². The molecule has 0 saturated heterocycles. The van der Waals surface area contributed by atoms with Crippen molar-refractivity contribution in [3.63, 3.8) is 0 Å². The lowest BCUT2D eigenvalue weighted by Crippen LogP contribution is -2.38. The maximum Gasteiger partial charge on any atom is 0.243 e. The summed E-state index contributed by atoms with van der Waals surface area (Å²) in [6, 6.07) is 11.5. The van der Waals surface area contributed by atoms with E-state index in [1.165, 1.54) is 6.42 Å². The fourth-order valence-electron chi connectivity index (χ4n) is 3.68. The molecule has 130 valence electrons. The second-order valence-corrected chi connectivity index (χ2v) is 8.80. The smallest absolute Gasteiger partial charge is 0.243 e. The van der Waals surface area contributed by atoms with Gasteiger partial charge in [0.15, 0.2) is 0 Å². The Hall–Kier alpha value is -1.59. The van der Waals surface area contributed by atoms with Crippen molar-refractivity contribution in [3.05, 3.63) is 36.4 Å². The van der Waals surface area contributed by atoms with E-state index in [0.717, 1.165) is 42.1 Å². The fraction of sp³-hybridized carbons (Fsp3) is 0.474. The van der Waals surface area contributed by atoms with E-state index in [9.17, 15) is 8.42 Å². The lowest BCUT2D eigenvalue weighted by atomic mass is 9.96. The van der Waals surface area contributed by atoms with E-state index in [4.69, 9.17) is 0 Å². The first-order valence-electron chi connectivity index (χ1n) is 8.60. The van der Waals surface area contributed by atoms with E-state index in [1.807, 2.05) is 49.3 Å². The molecular weight excluding hydrogens is 320 g/mol. The van der Waals surface area contributed by atoms with Crippen molar-refractivity contribution in [2.75, 3.05) is 26.0 Å². The molecule has 3 rings (SSSR count). The van der Waals surface area contributed by atoms with Crippen molar-refractivity contribution in [2.24, 2.45) is 0 Å². The summed E-state index contributed by atoms with van der Waals surface area (Å²) in [6.07, 6.45) is 5.37. The average molecular weight is 346 g/mol. The molecule has 1 aliphatic carbocycles. The Kier molecular flexibility index (Phi) is 4.83. The van der Waals surface area contributed by atoms with E-state index in [0.29, 0.717) is 4.90 Å². The summed E-state index contributed by atoms with van der Waals surface area (Å²) in [5.74, 6) is 0. The van der Waals surface area contributed by atoms with E-state index >= 15 is 0 Å². The molecule has 2 aromatic carbocycles. The summed E-state index contributed by atoms with van der Waals surface area (Å²) in [4.78, 5) is 2.43. The van der Waals surface area contributed by atoms with Gasteiger partial charge in [-0.3, -0.25) is 0 Å². The molecule has 5 heteroatoms. The molecule has 0 radical (unpaired) electrons. The van der Waals surface area contributed by atoms with Gasteiger partial charge in [0.05, 0.1) is 4.90 Å². The highest BCUT2D eigenvalue weighted by Crippen LogP contribution is 2.33.